The standard InChI is InChI=1S/C11H19N3O2S/c1-7(6-8(12)15)14-10(16)11(9(13)17)4-2-3-5-11/h7H,2-6H2,1H3,(H2,12,15)(H2,13,17)(H,14,16). The quantitative estimate of drug-likeness (QED) is 0.613. The van der Waals surface area contributed by atoms with Crippen molar-refractivity contribution < 1.29 is 9.59 Å². The van der Waals surface area contributed by atoms with Gasteiger partial charge in [0, 0.05) is 12.5 Å². The first kappa shape index (κ1) is 13.9. The first-order valence-electron chi connectivity index (χ1n) is 5.77. The van der Waals surface area contributed by atoms with E-state index in [4.69, 9.17) is 23.7 Å². The summed E-state index contributed by atoms with van der Waals surface area (Å²) in [7, 11) is 0. The molecule has 5 N–H and O–H groups in total. The van der Waals surface area contributed by atoms with E-state index in [-0.39, 0.29) is 23.4 Å². The largest absolute Gasteiger partial charge is 0.392 e. The predicted molar refractivity (Wildman–Crippen MR) is 69.1 cm³/mol. The predicted octanol–water partition coefficient (Wildman–Crippen LogP) is 0.213. The van der Waals surface area contributed by atoms with E-state index in [2.05, 4.69) is 5.32 Å². The van der Waals surface area contributed by atoms with Crippen LogP contribution in [0.2, 0.25) is 0 Å². The van der Waals surface area contributed by atoms with Gasteiger partial charge in [-0.25, -0.2) is 0 Å². The maximum atomic E-state index is 12.2. The molecule has 0 aromatic carbocycles. The molecular weight excluding hydrogens is 238 g/mol. The summed E-state index contributed by atoms with van der Waals surface area (Å²) in [5.41, 5.74) is 10.0. The fraction of sp³-hybridized carbons (Fsp3) is 0.727. The molecular formula is C11H19N3O2S. The van der Waals surface area contributed by atoms with E-state index in [0.29, 0.717) is 12.8 Å². The second-order valence-electron chi connectivity index (χ2n) is 4.70. The highest BCUT2D eigenvalue weighted by atomic mass is 32.1. The van der Waals surface area contributed by atoms with E-state index >= 15 is 0 Å². The normalized spacial score (nSPS) is 19.6. The molecule has 0 spiro atoms. The van der Waals surface area contributed by atoms with Crippen molar-refractivity contribution in [3.8, 4) is 0 Å². The second kappa shape index (κ2) is 5.44. The number of primary amides is 1. The van der Waals surface area contributed by atoms with Gasteiger partial charge < -0.3 is 16.8 Å². The molecule has 96 valence electrons. The Balaban J connectivity index is 2.67. The van der Waals surface area contributed by atoms with Crippen LogP contribution in [0.1, 0.15) is 39.0 Å². The monoisotopic (exact) mass is 257 g/mol. The Hall–Kier alpha value is -1.17. The number of carbonyl (C=O) groups excluding carboxylic acids is 2. The van der Waals surface area contributed by atoms with Crippen LogP contribution >= 0.6 is 12.2 Å². The highest BCUT2D eigenvalue weighted by molar-refractivity contribution is 7.80. The Labute approximate surface area is 106 Å². The van der Waals surface area contributed by atoms with Crippen molar-refractivity contribution in [3.63, 3.8) is 0 Å². The van der Waals surface area contributed by atoms with Crippen molar-refractivity contribution in [2.75, 3.05) is 0 Å². The summed E-state index contributed by atoms with van der Waals surface area (Å²) in [6, 6.07) is -0.285. The Morgan fingerprint density at radius 2 is 1.88 bits per heavy atom. The molecule has 1 atom stereocenters. The fourth-order valence-corrected chi connectivity index (χ4v) is 2.58. The third-order valence-electron chi connectivity index (χ3n) is 3.25. The van der Waals surface area contributed by atoms with E-state index in [1.54, 1.807) is 6.92 Å². The molecule has 0 radical (unpaired) electrons. The van der Waals surface area contributed by atoms with Gasteiger partial charge in [0.15, 0.2) is 0 Å². The second-order valence-corrected chi connectivity index (χ2v) is 5.14. The zero-order chi connectivity index (χ0) is 13.1. The molecule has 1 aliphatic carbocycles. The van der Waals surface area contributed by atoms with Crippen molar-refractivity contribution in [2.45, 2.75) is 45.1 Å². The van der Waals surface area contributed by atoms with Crippen molar-refractivity contribution in [1.29, 1.82) is 0 Å². The number of hydrogen-bond donors (Lipinski definition) is 3. The van der Waals surface area contributed by atoms with Crippen LogP contribution in [0.15, 0.2) is 0 Å². The van der Waals surface area contributed by atoms with Crippen molar-refractivity contribution >= 4 is 29.0 Å². The minimum Gasteiger partial charge on any atom is -0.392 e. The fourth-order valence-electron chi connectivity index (χ4n) is 2.28. The van der Waals surface area contributed by atoms with Crippen LogP contribution in [0.4, 0.5) is 0 Å². The van der Waals surface area contributed by atoms with Crippen LogP contribution in [0.25, 0.3) is 0 Å². The lowest BCUT2D eigenvalue weighted by molar-refractivity contribution is -0.128. The molecule has 1 rings (SSSR count). The van der Waals surface area contributed by atoms with Gasteiger partial charge in [-0.3, -0.25) is 9.59 Å². The third kappa shape index (κ3) is 3.15. The average molecular weight is 257 g/mol. The van der Waals surface area contributed by atoms with E-state index in [9.17, 15) is 9.59 Å². The minimum absolute atomic E-state index is 0.124. The number of nitrogens with two attached hydrogens (primary N) is 2. The number of amides is 2. The molecule has 2 amide bonds. The van der Waals surface area contributed by atoms with Gasteiger partial charge in [-0.15, -0.1) is 0 Å². The van der Waals surface area contributed by atoms with Gasteiger partial charge >= 0.3 is 0 Å². The zero-order valence-corrected chi connectivity index (χ0v) is 10.8. The zero-order valence-electron chi connectivity index (χ0n) is 9.99. The molecule has 0 heterocycles. The SMILES string of the molecule is CC(CC(N)=O)NC(=O)C1(C(N)=S)CCCC1. The van der Waals surface area contributed by atoms with Crippen LogP contribution in [-0.2, 0) is 9.59 Å². The van der Waals surface area contributed by atoms with Crippen molar-refractivity contribution in [1.82, 2.24) is 5.32 Å². The number of thiocarbonyl (C=S) groups is 1. The lowest BCUT2D eigenvalue weighted by Gasteiger charge is -2.28. The maximum Gasteiger partial charge on any atom is 0.233 e. The Morgan fingerprint density at radius 3 is 2.29 bits per heavy atom. The molecule has 0 aromatic rings. The topological polar surface area (TPSA) is 98.2 Å². The number of carbonyl (C=O) groups is 2. The summed E-state index contributed by atoms with van der Waals surface area (Å²) in [5, 5.41) is 2.77. The number of nitrogens with one attached hydrogen (secondary N) is 1. The Morgan fingerprint density at radius 1 is 1.35 bits per heavy atom. The summed E-state index contributed by atoms with van der Waals surface area (Å²) >= 11 is 5.01. The number of hydrogen-bond acceptors (Lipinski definition) is 3. The van der Waals surface area contributed by atoms with E-state index in [1.165, 1.54) is 0 Å². The molecule has 0 aromatic heterocycles. The van der Waals surface area contributed by atoms with Crippen LogP contribution < -0.4 is 16.8 Å². The lowest BCUT2D eigenvalue weighted by Crippen LogP contribution is -2.50. The molecule has 0 aliphatic heterocycles. The molecule has 0 saturated heterocycles. The molecule has 1 saturated carbocycles. The van der Waals surface area contributed by atoms with Gasteiger partial charge in [0.1, 0.15) is 0 Å². The lowest BCUT2D eigenvalue weighted by atomic mass is 9.84. The Bertz CT molecular complexity index is 338. The summed E-state index contributed by atoms with van der Waals surface area (Å²) in [5.74, 6) is -0.607. The van der Waals surface area contributed by atoms with Gasteiger partial charge in [-0.05, 0) is 19.8 Å². The van der Waals surface area contributed by atoms with Gasteiger partial charge in [0.2, 0.25) is 11.8 Å². The molecule has 0 bridgehead atoms. The van der Waals surface area contributed by atoms with Crippen molar-refractivity contribution in [2.24, 2.45) is 16.9 Å². The molecule has 6 heteroatoms. The first-order chi connectivity index (χ1) is 7.88. The molecule has 1 fully saturated rings. The van der Waals surface area contributed by atoms with Crippen molar-refractivity contribution in [3.05, 3.63) is 0 Å². The minimum atomic E-state index is -0.721. The van der Waals surface area contributed by atoms with Crippen LogP contribution in [-0.4, -0.2) is 22.8 Å². The summed E-state index contributed by atoms with van der Waals surface area (Å²) in [4.78, 5) is 23.2. The molecule has 17 heavy (non-hydrogen) atoms. The van der Waals surface area contributed by atoms with Gasteiger partial charge in [-0.2, -0.15) is 0 Å². The van der Waals surface area contributed by atoms with Crippen LogP contribution in [0.3, 0.4) is 0 Å². The highest BCUT2D eigenvalue weighted by Crippen LogP contribution is 2.38. The smallest absolute Gasteiger partial charge is 0.233 e. The molecule has 5 nitrogen and oxygen atoms in total. The maximum absolute atomic E-state index is 12.2. The van der Waals surface area contributed by atoms with Gasteiger partial charge in [-0.1, -0.05) is 25.1 Å². The van der Waals surface area contributed by atoms with E-state index < -0.39 is 11.3 Å². The molecule has 1 unspecified atom stereocenters. The molecule has 1 aliphatic rings. The van der Waals surface area contributed by atoms with E-state index in [0.717, 1.165) is 12.8 Å². The highest BCUT2D eigenvalue weighted by Gasteiger charge is 2.44. The summed E-state index contributed by atoms with van der Waals surface area (Å²) < 4.78 is 0. The third-order valence-corrected chi connectivity index (χ3v) is 3.64. The number of rotatable bonds is 5. The Kier molecular flexibility index (Phi) is 4.45. The van der Waals surface area contributed by atoms with Crippen LogP contribution in [0.5, 0.6) is 0 Å². The van der Waals surface area contributed by atoms with Gasteiger partial charge in [0.25, 0.3) is 0 Å². The first-order valence-corrected chi connectivity index (χ1v) is 6.18. The summed E-state index contributed by atoms with van der Waals surface area (Å²) in [6.45, 7) is 1.74. The average Bonchev–Trinajstić information content (AvgIpc) is 2.65. The van der Waals surface area contributed by atoms with Crippen LogP contribution in [0, 0.1) is 5.41 Å². The van der Waals surface area contributed by atoms with E-state index in [1.807, 2.05) is 0 Å². The van der Waals surface area contributed by atoms with Gasteiger partial charge in [0.05, 0.1) is 10.4 Å². The summed E-state index contributed by atoms with van der Waals surface area (Å²) in [6.07, 6.45) is 3.41.